The van der Waals surface area contributed by atoms with Gasteiger partial charge in [-0.2, -0.15) is 5.26 Å². The van der Waals surface area contributed by atoms with Crippen LogP contribution < -0.4 is 11.2 Å². The standard InChI is InChI=1S/C20H27N7O2S3/c1-4-26(5-2)17(29)11-31-20-25-24-19(27(20)22)30-10-16(28)23-18-14(9-21)13-7-6-12(3)8-15(13)32-18/h12H,4-8,10-11,22H2,1-3H3,(H,23,28). The molecule has 1 unspecified atom stereocenters. The molecule has 9 nitrogen and oxygen atoms in total. The third kappa shape index (κ3) is 5.57. The second-order valence-electron chi connectivity index (χ2n) is 7.49. The van der Waals surface area contributed by atoms with Crippen LogP contribution in [0, 0.1) is 17.2 Å². The number of nitrogen functional groups attached to an aromatic ring is 1. The number of nitrogens with one attached hydrogen (secondary N) is 1. The van der Waals surface area contributed by atoms with Gasteiger partial charge in [0.15, 0.2) is 0 Å². The van der Waals surface area contributed by atoms with Crippen LogP contribution in [0.5, 0.6) is 0 Å². The van der Waals surface area contributed by atoms with Gasteiger partial charge in [-0.1, -0.05) is 30.4 Å². The van der Waals surface area contributed by atoms with E-state index in [9.17, 15) is 14.9 Å². The van der Waals surface area contributed by atoms with Crippen molar-refractivity contribution in [2.24, 2.45) is 5.92 Å². The average molecular weight is 494 g/mol. The number of nitrogens with zero attached hydrogens (tertiary/aromatic N) is 5. The van der Waals surface area contributed by atoms with Gasteiger partial charge in [0, 0.05) is 18.0 Å². The molecular formula is C20H27N7O2S3. The Bertz CT molecular complexity index is 1020. The van der Waals surface area contributed by atoms with Gasteiger partial charge in [-0.15, -0.1) is 21.5 Å². The number of rotatable bonds is 9. The molecule has 0 saturated carbocycles. The minimum Gasteiger partial charge on any atom is -0.343 e. The lowest BCUT2D eigenvalue weighted by Gasteiger charge is -2.17. The van der Waals surface area contributed by atoms with Crippen LogP contribution in [0.3, 0.4) is 0 Å². The molecule has 1 aliphatic carbocycles. The first-order chi connectivity index (χ1) is 15.4. The Morgan fingerprint density at radius 3 is 2.56 bits per heavy atom. The Hall–Kier alpha value is -2.23. The number of nitriles is 1. The molecule has 32 heavy (non-hydrogen) atoms. The fourth-order valence-electron chi connectivity index (χ4n) is 3.50. The van der Waals surface area contributed by atoms with Gasteiger partial charge in [-0.05, 0) is 44.6 Å². The van der Waals surface area contributed by atoms with E-state index in [1.165, 1.54) is 32.7 Å². The summed E-state index contributed by atoms with van der Waals surface area (Å²) in [6.07, 6.45) is 2.90. The minimum absolute atomic E-state index is 0.0120. The molecule has 2 aromatic rings. The van der Waals surface area contributed by atoms with E-state index >= 15 is 0 Å². The van der Waals surface area contributed by atoms with Crippen molar-refractivity contribution < 1.29 is 9.59 Å². The summed E-state index contributed by atoms with van der Waals surface area (Å²) in [4.78, 5) is 27.6. The molecule has 1 aliphatic rings. The Labute approximate surface area is 200 Å². The predicted octanol–water partition coefficient (Wildman–Crippen LogP) is 2.74. The summed E-state index contributed by atoms with van der Waals surface area (Å²) >= 11 is 3.88. The van der Waals surface area contributed by atoms with Crippen LogP contribution in [0.4, 0.5) is 5.00 Å². The largest absolute Gasteiger partial charge is 0.343 e. The summed E-state index contributed by atoms with van der Waals surface area (Å²) in [7, 11) is 0. The highest BCUT2D eigenvalue weighted by atomic mass is 32.2. The monoisotopic (exact) mass is 493 g/mol. The molecule has 1 atom stereocenters. The molecule has 3 N–H and O–H groups in total. The fourth-order valence-corrected chi connectivity index (χ4v) is 6.36. The molecule has 0 fully saturated rings. The summed E-state index contributed by atoms with van der Waals surface area (Å²) in [5.41, 5.74) is 1.68. The van der Waals surface area contributed by atoms with E-state index in [0.29, 0.717) is 39.9 Å². The van der Waals surface area contributed by atoms with Crippen molar-refractivity contribution in [3.8, 4) is 6.07 Å². The van der Waals surface area contributed by atoms with Gasteiger partial charge in [0.1, 0.15) is 11.1 Å². The maximum atomic E-state index is 12.5. The molecule has 0 aromatic carbocycles. The minimum atomic E-state index is -0.230. The number of fused-ring (bicyclic) bond motifs is 1. The lowest BCUT2D eigenvalue weighted by molar-refractivity contribution is -0.128. The molecule has 12 heteroatoms. The first-order valence-corrected chi connectivity index (χ1v) is 13.2. The van der Waals surface area contributed by atoms with Crippen molar-refractivity contribution >= 4 is 51.7 Å². The number of nitrogens with two attached hydrogens (primary N) is 1. The smallest absolute Gasteiger partial charge is 0.235 e. The van der Waals surface area contributed by atoms with Gasteiger partial charge < -0.3 is 16.1 Å². The van der Waals surface area contributed by atoms with Crippen LogP contribution >= 0.6 is 34.9 Å². The number of aromatic nitrogens is 3. The van der Waals surface area contributed by atoms with Gasteiger partial charge in [-0.3, -0.25) is 9.59 Å². The summed E-state index contributed by atoms with van der Waals surface area (Å²) in [5, 5.41) is 21.9. The molecule has 0 bridgehead atoms. The number of carbonyl (C=O) groups is 2. The number of thiophene rings is 1. The van der Waals surface area contributed by atoms with Crippen molar-refractivity contribution in [3.63, 3.8) is 0 Å². The van der Waals surface area contributed by atoms with E-state index in [-0.39, 0.29) is 23.3 Å². The first kappa shape index (κ1) is 24.4. The average Bonchev–Trinajstić information content (AvgIpc) is 3.30. The van der Waals surface area contributed by atoms with Crippen LogP contribution in [0.15, 0.2) is 10.3 Å². The third-order valence-electron chi connectivity index (χ3n) is 5.28. The van der Waals surface area contributed by atoms with Gasteiger partial charge in [0.05, 0.1) is 17.1 Å². The molecular weight excluding hydrogens is 466 g/mol. The maximum absolute atomic E-state index is 12.5. The fraction of sp³-hybridized carbons (Fsp3) is 0.550. The molecule has 0 radical (unpaired) electrons. The van der Waals surface area contributed by atoms with Gasteiger partial charge >= 0.3 is 0 Å². The molecule has 2 heterocycles. The summed E-state index contributed by atoms with van der Waals surface area (Å²) in [6, 6.07) is 2.26. The molecule has 172 valence electrons. The maximum Gasteiger partial charge on any atom is 0.235 e. The van der Waals surface area contributed by atoms with Crippen LogP contribution in [0.25, 0.3) is 0 Å². The van der Waals surface area contributed by atoms with Crippen molar-refractivity contribution in [2.45, 2.75) is 50.3 Å². The highest BCUT2D eigenvalue weighted by Crippen LogP contribution is 2.39. The summed E-state index contributed by atoms with van der Waals surface area (Å²) in [6.45, 7) is 7.38. The molecule has 0 saturated heterocycles. The SMILES string of the molecule is CCN(CC)C(=O)CSc1nnc(SCC(=O)Nc2sc3c(c2C#N)CCC(C)C3)n1N. The number of carbonyl (C=O) groups excluding carboxylic acids is 2. The number of hydrogen-bond acceptors (Lipinski definition) is 9. The predicted molar refractivity (Wildman–Crippen MR) is 128 cm³/mol. The van der Waals surface area contributed by atoms with E-state index in [4.69, 9.17) is 5.84 Å². The van der Waals surface area contributed by atoms with Gasteiger partial charge in [-0.25, -0.2) is 4.68 Å². The molecule has 2 amide bonds. The van der Waals surface area contributed by atoms with Crippen LogP contribution in [-0.2, 0) is 22.4 Å². The van der Waals surface area contributed by atoms with Gasteiger partial charge in [0.2, 0.25) is 22.1 Å². The highest BCUT2D eigenvalue weighted by molar-refractivity contribution is 8.00. The topological polar surface area (TPSA) is 130 Å². The zero-order valence-corrected chi connectivity index (χ0v) is 20.8. The number of anilines is 1. The summed E-state index contributed by atoms with van der Waals surface area (Å²) < 4.78 is 1.30. The second kappa shape index (κ2) is 11.1. The van der Waals surface area contributed by atoms with Crippen LogP contribution in [0.1, 0.15) is 43.2 Å². The normalized spacial score (nSPS) is 15.1. The van der Waals surface area contributed by atoms with Crippen molar-refractivity contribution in [1.29, 1.82) is 5.26 Å². The number of amides is 2. The number of thioether (sulfide) groups is 2. The zero-order chi connectivity index (χ0) is 23.3. The Morgan fingerprint density at radius 2 is 1.94 bits per heavy atom. The molecule has 3 rings (SSSR count). The first-order valence-electron chi connectivity index (χ1n) is 10.5. The Morgan fingerprint density at radius 1 is 1.28 bits per heavy atom. The molecule has 2 aromatic heterocycles. The number of hydrogen-bond donors (Lipinski definition) is 2. The third-order valence-corrected chi connectivity index (χ3v) is 8.32. The second-order valence-corrected chi connectivity index (χ2v) is 10.5. The van der Waals surface area contributed by atoms with E-state index in [2.05, 4.69) is 28.5 Å². The van der Waals surface area contributed by atoms with Crippen molar-refractivity contribution in [1.82, 2.24) is 19.8 Å². The Kier molecular flexibility index (Phi) is 8.44. The van der Waals surface area contributed by atoms with E-state index in [0.717, 1.165) is 36.6 Å². The highest BCUT2D eigenvalue weighted by Gasteiger charge is 2.25. The van der Waals surface area contributed by atoms with E-state index in [1.54, 1.807) is 4.90 Å². The quantitative estimate of drug-likeness (QED) is 0.403. The zero-order valence-electron chi connectivity index (χ0n) is 18.4. The van der Waals surface area contributed by atoms with Crippen LogP contribution in [-0.4, -0.2) is 56.2 Å². The van der Waals surface area contributed by atoms with E-state index in [1.807, 2.05) is 13.8 Å². The van der Waals surface area contributed by atoms with Crippen LogP contribution in [0.2, 0.25) is 0 Å². The molecule has 0 aliphatic heterocycles. The Balaban J connectivity index is 1.56. The lowest BCUT2D eigenvalue weighted by atomic mass is 9.89. The molecule has 0 spiro atoms. The summed E-state index contributed by atoms with van der Waals surface area (Å²) in [5.74, 6) is 6.73. The van der Waals surface area contributed by atoms with E-state index < -0.39 is 0 Å². The van der Waals surface area contributed by atoms with Crippen molar-refractivity contribution in [2.75, 3.05) is 35.8 Å². The van der Waals surface area contributed by atoms with Gasteiger partial charge in [0.25, 0.3) is 0 Å². The lowest BCUT2D eigenvalue weighted by Crippen LogP contribution is -2.32. The van der Waals surface area contributed by atoms with Crippen molar-refractivity contribution in [3.05, 3.63) is 16.0 Å².